The molecule has 0 saturated heterocycles. The van der Waals surface area contributed by atoms with Crippen LogP contribution in [0, 0.1) is 19.8 Å². The summed E-state index contributed by atoms with van der Waals surface area (Å²) in [5.41, 5.74) is 2.55. The molecule has 0 aliphatic carbocycles. The summed E-state index contributed by atoms with van der Waals surface area (Å²) in [5.74, 6) is -0.209. The largest absolute Gasteiger partial charge is 0.461 e. The van der Waals surface area contributed by atoms with Crippen molar-refractivity contribution in [3.8, 4) is 0 Å². The number of aromatic amines is 1. The van der Waals surface area contributed by atoms with E-state index in [1.807, 2.05) is 20.8 Å². The number of unbranched alkanes of at least 4 members (excludes halogenated alkanes) is 1. The number of rotatable bonds is 8. The van der Waals surface area contributed by atoms with E-state index in [2.05, 4.69) is 11.9 Å². The van der Waals surface area contributed by atoms with Crippen molar-refractivity contribution in [3.63, 3.8) is 0 Å². The lowest BCUT2D eigenvalue weighted by Crippen LogP contribution is -2.16. The maximum atomic E-state index is 12.7. The van der Waals surface area contributed by atoms with E-state index in [0.717, 1.165) is 31.4 Å². The smallest absolute Gasteiger partial charge is 0.355 e. The van der Waals surface area contributed by atoms with Gasteiger partial charge in [0.25, 0.3) is 0 Å². The van der Waals surface area contributed by atoms with Gasteiger partial charge in [0.05, 0.1) is 6.61 Å². The molecule has 1 aromatic heterocycles. The van der Waals surface area contributed by atoms with Crippen molar-refractivity contribution in [2.24, 2.45) is 5.92 Å². The monoisotopic (exact) mass is 293 g/mol. The van der Waals surface area contributed by atoms with Gasteiger partial charge in [-0.05, 0) is 39.2 Å². The first-order valence-corrected chi connectivity index (χ1v) is 7.88. The highest BCUT2D eigenvalue weighted by atomic mass is 16.5. The van der Waals surface area contributed by atoms with Crippen molar-refractivity contribution < 1.29 is 14.3 Å². The van der Waals surface area contributed by atoms with Gasteiger partial charge in [0, 0.05) is 17.2 Å². The van der Waals surface area contributed by atoms with Crippen molar-refractivity contribution >= 4 is 11.8 Å². The van der Waals surface area contributed by atoms with Crippen LogP contribution in [0.1, 0.15) is 78.6 Å². The van der Waals surface area contributed by atoms with Crippen LogP contribution in [0.5, 0.6) is 0 Å². The van der Waals surface area contributed by atoms with E-state index in [1.54, 1.807) is 6.92 Å². The zero-order valence-electron chi connectivity index (χ0n) is 13.8. The van der Waals surface area contributed by atoms with Crippen LogP contribution >= 0.6 is 0 Å². The fourth-order valence-corrected chi connectivity index (χ4v) is 2.70. The number of hydrogen-bond acceptors (Lipinski definition) is 3. The SMILES string of the molecule is CCCCC(CC)C(=O)c1c(C)[nH]c(C(=O)OCC)c1C. The second kappa shape index (κ2) is 8.01. The molecule has 0 aliphatic heterocycles. The molecule has 0 fully saturated rings. The zero-order chi connectivity index (χ0) is 16.0. The molecule has 1 aromatic rings. The number of esters is 1. The fraction of sp³-hybridized carbons (Fsp3) is 0.647. The molecule has 1 N–H and O–H groups in total. The number of aromatic nitrogens is 1. The Kier molecular flexibility index (Phi) is 6.66. The van der Waals surface area contributed by atoms with E-state index < -0.39 is 5.97 Å². The maximum absolute atomic E-state index is 12.7. The number of nitrogens with one attached hydrogen (secondary N) is 1. The van der Waals surface area contributed by atoms with E-state index in [0.29, 0.717) is 23.4 Å². The highest BCUT2D eigenvalue weighted by Crippen LogP contribution is 2.25. The fourth-order valence-electron chi connectivity index (χ4n) is 2.70. The van der Waals surface area contributed by atoms with Gasteiger partial charge in [-0.3, -0.25) is 4.79 Å². The minimum Gasteiger partial charge on any atom is -0.461 e. The molecule has 0 aliphatic rings. The maximum Gasteiger partial charge on any atom is 0.355 e. The zero-order valence-corrected chi connectivity index (χ0v) is 13.8. The molecule has 0 spiro atoms. The molecule has 1 heterocycles. The second-order valence-electron chi connectivity index (χ2n) is 5.46. The predicted octanol–water partition coefficient (Wildman–Crippen LogP) is 4.21. The van der Waals surface area contributed by atoms with Crippen LogP contribution in [0.4, 0.5) is 0 Å². The van der Waals surface area contributed by atoms with Gasteiger partial charge in [-0.2, -0.15) is 0 Å². The summed E-state index contributed by atoms with van der Waals surface area (Å²) in [6.45, 7) is 9.93. The summed E-state index contributed by atoms with van der Waals surface area (Å²) in [5, 5.41) is 0. The molecule has 0 amide bonds. The minimum absolute atomic E-state index is 0.0354. The van der Waals surface area contributed by atoms with Gasteiger partial charge in [-0.1, -0.05) is 26.7 Å². The Balaban J connectivity index is 3.07. The number of H-pyrrole nitrogens is 1. The third-order valence-corrected chi connectivity index (χ3v) is 3.93. The Morgan fingerprint density at radius 2 is 1.86 bits per heavy atom. The van der Waals surface area contributed by atoms with Crippen molar-refractivity contribution in [2.45, 2.75) is 60.3 Å². The van der Waals surface area contributed by atoms with Crippen molar-refractivity contribution in [3.05, 3.63) is 22.5 Å². The molecular weight excluding hydrogens is 266 g/mol. The van der Waals surface area contributed by atoms with Gasteiger partial charge in [0.15, 0.2) is 5.78 Å². The third-order valence-electron chi connectivity index (χ3n) is 3.93. The van der Waals surface area contributed by atoms with Gasteiger partial charge in [-0.15, -0.1) is 0 Å². The first-order chi connectivity index (χ1) is 9.97. The number of carbonyl (C=O) groups excluding carboxylic acids is 2. The summed E-state index contributed by atoms with van der Waals surface area (Å²) >= 11 is 0. The molecule has 1 unspecified atom stereocenters. The molecule has 118 valence electrons. The molecule has 21 heavy (non-hydrogen) atoms. The van der Waals surface area contributed by atoms with Gasteiger partial charge < -0.3 is 9.72 Å². The predicted molar refractivity (Wildman–Crippen MR) is 83.9 cm³/mol. The van der Waals surface area contributed by atoms with Crippen molar-refractivity contribution in [1.29, 1.82) is 0 Å². The number of Topliss-reactive ketones (excluding diaryl/α,β-unsaturated/α-hetero) is 1. The molecule has 1 rings (SSSR count). The van der Waals surface area contributed by atoms with E-state index in [-0.39, 0.29) is 11.7 Å². The van der Waals surface area contributed by atoms with Gasteiger partial charge in [0.1, 0.15) is 5.69 Å². The van der Waals surface area contributed by atoms with Gasteiger partial charge >= 0.3 is 5.97 Å². The van der Waals surface area contributed by atoms with Crippen LogP contribution in [0.3, 0.4) is 0 Å². The number of ketones is 1. The second-order valence-corrected chi connectivity index (χ2v) is 5.46. The Bertz CT molecular complexity index is 502. The summed E-state index contributed by atoms with van der Waals surface area (Å²) in [6.07, 6.45) is 3.88. The van der Waals surface area contributed by atoms with E-state index in [9.17, 15) is 9.59 Å². The average molecular weight is 293 g/mol. The summed E-state index contributed by atoms with van der Waals surface area (Å²) in [6, 6.07) is 0. The lowest BCUT2D eigenvalue weighted by Gasteiger charge is -2.13. The molecular formula is C17H27NO3. The van der Waals surface area contributed by atoms with Crippen LogP contribution in [0.15, 0.2) is 0 Å². The number of hydrogen-bond donors (Lipinski definition) is 1. The third kappa shape index (κ3) is 3.96. The first kappa shape index (κ1) is 17.5. The number of ether oxygens (including phenoxy) is 1. The van der Waals surface area contributed by atoms with Crippen molar-refractivity contribution in [2.75, 3.05) is 6.61 Å². The van der Waals surface area contributed by atoms with Crippen LogP contribution < -0.4 is 0 Å². The molecule has 0 radical (unpaired) electrons. The molecule has 0 aromatic carbocycles. The Morgan fingerprint density at radius 1 is 1.19 bits per heavy atom. The summed E-state index contributed by atoms with van der Waals surface area (Å²) < 4.78 is 5.03. The molecule has 0 bridgehead atoms. The summed E-state index contributed by atoms with van der Waals surface area (Å²) in [7, 11) is 0. The molecule has 1 atom stereocenters. The van der Waals surface area contributed by atoms with Crippen LogP contribution in [-0.4, -0.2) is 23.3 Å². The van der Waals surface area contributed by atoms with E-state index >= 15 is 0 Å². The summed E-state index contributed by atoms with van der Waals surface area (Å²) in [4.78, 5) is 27.7. The van der Waals surface area contributed by atoms with E-state index in [4.69, 9.17) is 4.74 Å². The Labute approximate surface area is 127 Å². The van der Waals surface area contributed by atoms with Crippen molar-refractivity contribution in [1.82, 2.24) is 4.98 Å². The number of carbonyl (C=O) groups is 2. The topological polar surface area (TPSA) is 59.2 Å². The normalized spacial score (nSPS) is 12.2. The molecule has 4 heteroatoms. The highest BCUT2D eigenvalue weighted by molar-refractivity contribution is 6.03. The Hall–Kier alpha value is -1.58. The van der Waals surface area contributed by atoms with Crippen LogP contribution in [0.2, 0.25) is 0 Å². The highest BCUT2D eigenvalue weighted by Gasteiger charge is 2.26. The van der Waals surface area contributed by atoms with E-state index in [1.165, 1.54) is 0 Å². The van der Waals surface area contributed by atoms with Crippen LogP contribution in [0.25, 0.3) is 0 Å². The minimum atomic E-state index is -0.390. The van der Waals surface area contributed by atoms with Crippen LogP contribution in [-0.2, 0) is 4.74 Å². The molecule has 4 nitrogen and oxygen atoms in total. The van der Waals surface area contributed by atoms with Gasteiger partial charge in [-0.25, -0.2) is 4.79 Å². The average Bonchev–Trinajstić information content (AvgIpc) is 2.75. The standard InChI is InChI=1S/C17H27NO3/c1-6-9-10-13(7-2)16(19)14-11(4)15(18-12(14)5)17(20)21-8-3/h13,18H,6-10H2,1-5H3. The first-order valence-electron chi connectivity index (χ1n) is 7.88. The van der Waals surface area contributed by atoms with Gasteiger partial charge in [0.2, 0.25) is 0 Å². The molecule has 0 saturated carbocycles. The number of aryl methyl sites for hydroxylation is 1. The quantitative estimate of drug-likeness (QED) is 0.577. The Morgan fingerprint density at radius 3 is 2.38 bits per heavy atom. The lowest BCUT2D eigenvalue weighted by atomic mass is 9.89. The lowest BCUT2D eigenvalue weighted by molar-refractivity contribution is 0.0519.